The topological polar surface area (TPSA) is 58.2 Å². The molecule has 0 aromatic heterocycles. The molecule has 0 saturated carbocycles. The van der Waals surface area contributed by atoms with E-state index in [2.05, 4.69) is 10.0 Å². The van der Waals surface area contributed by atoms with Crippen LogP contribution in [0.5, 0.6) is 0 Å². The first-order valence-corrected chi connectivity index (χ1v) is 7.55. The highest BCUT2D eigenvalue weighted by atomic mass is 35.5. The van der Waals surface area contributed by atoms with E-state index in [9.17, 15) is 21.6 Å². The van der Waals surface area contributed by atoms with Crippen molar-refractivity contribution >= 4 is 21.6 Å². The lowest BCUT2D eigenvalue weighted by Crippen LogP contribution is -2.28. The molecular weight excluding hydrogens is 317 g/mol. The van der Waals surface area contributed by atoms with E-state index in [1.807, 2.05) is 0 Å². The van der Waals surface area contributed by atoms with Crippen LogP contribution < -0.4 is 10.0 Å². The van der Waals surface area contributed by atoms with Crippen LogP contribution in [0.4, 0.5) is 13.2 Å². The molecule has 2 N–H and O–H groups in total. The molecule has 1 rings (SSSR count). The lowest BCUT2D eigenvalue weighted by molar-refractivity contribution is -0.139. The molecule has 0 amide bonds. The number of rotatable bonds is 6. The number of alkyl halides is 3. The van der Waals surface area contributed by atoms with Crippen LogP contribution in [-0.4, -0.2) is 28.6 Å². The van der Waals surface area contributed by atoms with Gasteiger partial charge >= 0.3 is 6.18 Å². The first-order chi connectivity index (χ1) is 9.18. The predicted molar refractivity (Wildman–Crippen MR) is 70.2 cm³/mol. The Morgan fingerprint density at radius 2 is 1.90 bits per heavy atom. The van der Waals surface area contributed by atoms with Gasteiger partial charge in [0.2, 0.25) is 10.0 Å². The Hall–Kier alpha value is -0.830. The van der Waals surface area contributed by atoms with Crippen molar-refractivity contribution < 1.29 is 21.6 Å². The smallest absolute Gasteiger partial charge is 0.320 e. The zero-order valence-electron chi connectivity index (χ0n) is 10.6. The third-order valence-electron chi connectivity index (χ3n) is 2.43. The van der Waals surface area contributed by atoms with E-state index < -0.39 is 26.7 Å². The summed E-state index contributed by atoms with van der Waals surface area (Å²) in [7, 11) is -2.54. The Morgan fingerprint density at radius 1 is 1.25 bits per heavy atom. The Balaban J connectivity index is 3.06. The van der Waals surface area contributed by atoms with Gasteiger partial charge in [-0.1, -0.05) is 11.6 Å². The molecule has 1 aromatic carbocycles. The highest BCUT2D eigenvalue weighted by molar-refractivity contribution is 7.89. The van der Waals surface area contributed by atoms with Crippen LogP contribution in [-0.2, 0) is 16.2 Å². The van der Waals surface area contributed by atoms with Crippen molar-refractivity contribution in [3.8, 4) is 0 Å². The van der Waals surface area contributed by atoms with Gasteiger partial charge in [-0.3, -0.25) is 0 Å². The monoisotopic (exact) mass is 330 g/mol. The van der Waals surface area contributed by atoms with E-state index in [1.54, 1.807) is 7.05 Å². The number of sulfonamides is 1. The van der Waals surface area contributed by atoms with Crippen molar-refractivity contribution in [2.75, 3.05) is 20.1 Å². The zero-order chi connectivity index (χ0) is 15.4. The molecule has 0 spiro atoms. The van der Waals surface area contributed by atoms with Crippen LogP contribution in [0.3, 0.4) is 0 Å². The molecule has 0 atom stereocenters. The molecule has 4 nitrogen and oxygen atoms in total. The summed E-state index contributed by atoms with van der Waals surface area (Å²) in [4.78, 5) is -0.821. The average molecular weight is 331 g/mol. The molecule has 0 saturated heterocycles. The van der Waals surface area contributed by atoms with E-state index in [4.69, 9.17) is 11.6 Å². The molecule has 0 aliphatic rings. The Kier molecular flexibility index (Phi) is 5.81. The maximum absolute atomic E-state index is 12.8. The van der Waals surface area contributed by atoms with Gasteiger partial charge in [0.15, 0.2) is 0 Å². The van der Waals surface area contributed by atoms with Crippen molar-refractivity contribution in [1.29, 1.82) is 0 Å². The number of benzene rings is 1. The summed E-state index contributed by atoms with van der Waals surface area (Å²) in [6.07, 6.45) is -4.33. The predicted octanol–water partition coefficient (Wildman–Crippen LogP) is 2.25. The third kappa shape index (κ3) is 4.62. The van der Waals surface area contributed by atoms with Crippen molar-refractivity contribution in [2.45, 2.75) is 17.5 Å². The number of hydrogen-bond acceptors (Lipinski definition) is 3. The minimum Gasteiger partial charge on any atom is -0.320 e. The minimum atomic E-state index is -4.79. The molecule has 0 unspecified atom stereocenters. The highest BCUT2D eigenvalue weighted by Gasteiger charge is 2.37. The standard InChI is InChI=1S/C11H14ClF3N2O2S/c1-16-5-2-6-17-20(18,19)10-4-3-8(12)7-9(10)11(13,14)15/h3-4,7,16-17H,2,5-6H2,1H3. The molecule has 114 valence electrons. The van der Waals surface area contributed by atoms with Crippen LogP contribution in [0.15, 0.2) is 23.1 Å². The van der Waals surface area contributed by atoms with Crippen LogP contribution in [0.2, 0.25) is 5.02 Å². The van der Waals surface area contributed by atoms with Crippen molar-refractivity contribution in [3.63, 3.8) is 0 Å². The summed E-state index contributed by atoms with van der Waals surface area (Å²) in [5.41, 5.74) is -1.27. The largest absolute Gasteiger partial charge is 0.417 e. The van der Waals surface area contributed by atoms with Gasteiger partial charge in [0.05, 0.1) is 10.5 Å². The maximum atomic E-state index is 12.8. The number of hydrogen-bond donors (Lipinski definition) is 2. The summed E-state index contributed by atoms with van der Waals surface area (Å²) in [5.74, 6) is 0. The van der Waals surface area contributed by atoms with Crippen LogP contribution in [0.25, 0.3) is 0 Å². The molecule has 0 aliphatic carbocycles. The van der Waals surface area contributed by atoms with E-state index in [0.717, 1.165) is 12.1 Å². The SMILES string of the molecule is CNCCCNS(=O)(=O)c1ccc(Cl)cc1C(F)(F)F. The van der Waals surface area contributed by atoms with E-state index in [0.29, 0.717) is 19.0 Å². The van der Waals surface area contributed by atoms with Crippen LogP contribution in [0.1, 0.15) is 12.0 Å². The fraction of sp³-hybridized carbons (Fsp3) is 0.455. The van der Waals surface area contributed by atoms with Gasteiger partial charge in [-0.2, -0.15) is 13.2 Å². The Labute approximate surface area is 120 Å². The van der Waals surface area contributed by atoms with Gasteiger partial charge in [0.25, 0.3) is 0 Å². The summed E-state index contributed by atoms with van der Waals surface area (Å²) in [5, 5.41) is 2.63. The zero-order valence-corrected chi connectivity index (χ0v) is 12.2. The average Bonchev–Trinajstić information content (AvgIpc) is 2.33. The van der Waals surface area contributed by atoms with Gasteiger partial charge in [-0.15, -0.1) is 0 Å². The molecule has 9 heteroatoms. The molecule has 0 heterocycles. The van der Waals surface area contributed by atoms with Crippen molar-refractivity contribution in [3.05, 3.63) is 28.8 Å². The van der Waals surface area contributed by atoms with Crippen LogP contribution >= 0.6 is 11.6 Å². The number of nitrogens with one attached hydrogen (secondary N) is 2. The van der Waals surface area contributed by atoms with Gasteiger partial charge in [-0.25, -0.2) is 13.1 Å². The van der Waals surface area contributed by atoms with E-state index >= 15 is 0 Å². The van der Waals surface area contributed by atoms with E-state index in [-0.39, 0.29) is 11.6 Å². The van der Waals surface area contributed by atoms with Gasteiger partial charge in [-0.05, 0) is 38.2 Å². The molecule has 0 aliphatic heterocycles. The summed E-state index contributed by atoms with van der Waals surface area (Å²) >= 11 is 5.50. The molecule has 0 bridgehead atoms. The van der Waals surface area contributed by atoms with Gasteiger partial charge in [0.1, 0.15) is 0 Å². The second-order valence-corrected chi connectivity index (χ2v) is 6.16. The fourth-order valence-electron chi connectivity index (χ4n) is 1.51. The van der Waals surface area contributed by atoms with Gasteiger partial charge in [0, 0.05) is 11.6 Å². The molecule has 0 radical (unpaired) electrons. The quantitative estimate of drug-likeness (QED) is 0.787. The first kappa shape index (κ1) is 17.2. The summed E-state index contributed by atoms with van der Waals surface area (Å²) in [6.45, 7) is 0.596. The fourth-order valence-corrected chi connectivity index (χ4v) is 2.96. The summed E-state index contributed by atoms with van der Waals surface area (Å²) in [6, 6.07) is 2.56. The second kappa shape index (κ2) is 6.75. The Bertz CT molecular complexity index is 561. The molecule has 1 aromatic rings. The molecule has 20 heavy (non-hydrogen) atoms. The third-order valence-corrected chi connectivity index (χ3v) is 4.19. The highest BCUT2D eigenvalue weighted by Crippen LogP contribution is 2.35. The number of halogens is 4. The molecule has 0 fully saturated rings. The van der Waals surface area contributed by atoms with E-state index in [1.165, 1.54) is 0 Å². The molecular formula is C11H14ClF3N2O2S. The minimum absolute atomic E-state index is 0.0447. The van der Waals surface area contributed by atoms with Crippen molar-refractivity contribution in [2.24, 2.45) is 0 Å². The normalized spacial score (nSPS) is 12.7. The second-order valence-electron chi connectivity index (χ2n) is 3.99. The maximum Gasteiger partial charge on any atom is 0.417 e. The van der Waals surface area contributed by atoms with Crippen molar-refractivity contribution in [1.82, 2.24) is 10.0 Å². The first-order valence-electron chi connectivity index (χ1n) is 5.69. The summed E-state index contributed by atoms with van der Waals surface area (Å²) < 4.78 is 64.5. The lowest BCUT2D eigenvalue weighted by atomic mass is 10.2. The lowest BCUT2D eigenvalue weighted by Gasteiger charge is -2.14. The van der Waals surface area contributed by atoms with Crippen LogP contribution in [0, 0.1) is 0 Å². The Morgan fingerprint density at radius 3 is 2.45 bits per heavy atom. The van der Waals surface area contributed by atoms with Gasteiger partial charge < -0.3 is 5.32 Å².